The number of aliphatic hydroxyl groups excluding tert-OH is 2. The van der Waals surface area contributed by atoms with Gasteiger partial charge in [0.1, 0.15) is 24.4 Å². The van der Waals surface area contributed by atoms with Gasteiger partial charge in [-0.25, -0.2) is 0 Å². The number of azide groups is 2. The predicted molar refractivity (Wildman–Crippen MR) is 219 cm³/mol. The van der Waals surface area contributed by atoms with E-state index in [0.717, 1.165) is 0 Å². The van der Waals surface area contributed by atoms with Crippen molar-refractivity contribution in [2.24, 2.45) is 28.0 Å². The van der Waals surface area contributed by atoms with Crippen LogP contribution in [0, 0.1) is 17.8 Å². The lowest BCUT2D eigenvalue weighted by Crippen LogP contribution is -2.67. The van der Waals surface area contributed by atoms with Crippen LogP contribution in [0.4, 0.5) is 0 Å². The lowest BCUT2D eigenvalue weighted by Gasteiger charge is -2.45. The minimum absolute atomic E-state index is 0.0417. The van der Waals surface area contributed by atoms with Gasteiger partial charge in [-0.05, 0) is 52.2 Å². The van der Waals surface area contributed by atoms with Crippen molar-refractivity contribution in [3.63, 3.8) is 0 Å². The standard InChI is InChI=1S/C23H31N3O3Si.C9H15N3O3.C9H16O4/c1-17-15-28-20(22(27)21(17)25-26-24)16-29-30(23(2,3)4,18-11-7-5-8-12-18)19-13-9-6-10-14-19;1-5-3-14-7-4-13-6(2)15-9(7)8(5)11-12-10;1-5-3-12-7-4-11-6(2)13-9(7)8(5)10/h5-14,17,20-22,27H,15-16H2,1-4H3;5-9H,3-4H2,1-2H3;5-10H,3-4H2,1-2H3/t17?,20?,21-,22-;2*5?,6?,7?,8-,9-/m111/s1. The Bertz CT molecular complexity index is 1620. The second kappa shape index (κ2) is 20.9. The molecule has 0 saturated carbocycles. The van der Waals surface area contributed by atoms with Crippen molar-refractivity contribution in [2.75, 3.05) is 39.6 Å². The van der Waals surface area contributed by atoms with Crippen LogP contribution in [-0.4, -0.2) is 126 Å². The van der Waals surface area contributed by atoms with Gasteiger partial charge in [0.05, 0.1) is 70.0 Å². The van der Waals surface area contributed by atoms with E-state index in [1.54, 1.807) is 0 Å². The van der Waals surface area contributed by atoms with Crippen LogP contribution in [0.15, 0.2) is 70.9 Å². The van der Waals surface area contributed by atoms with Crippen LogP contribution in [0.3, 0.4) is 0 Å². The van der Waals surface area contributed by atoms with Crippen molar-refractivity contribution < 1.29 is 47.8 Å². The van der Waals surface area contributed by atoms with E-state index in [0.29, 0.717) is 33.0 Å². The highest BCUT2D eigenvalue weighted by Gasteiger charge is 2.51. The van der Waals surface area contributed by atoms with Crippen LogP contribution < -0.4 is 10.4 Å². The Hall–Kier alpha value is -3.12. The third kappa shape index (κ3) is 10.8. The maximum Gasteiger partial charge on any atom is 0.261 e. The summed E-state index contributed by atoms with van der Waals surface area (Å²) in [4.78, 5) is 5.79. The molecule has 8 unspecified atom stereocenters. The van der Waals surface area contributed by atoms with Crippen LogP contribution >= 0.6 is 0 Å². The fraction of sp³-hybridized carbons (Fsp3) is 0.707. The molecule has 0 aliphatic carbocycles. The first-order valence-electron chi connectivity index (χ1n) is 20.3. The van der Waals surface area contributed by atoms with E-state index in [2.05, 4.69) is 65.1 Å². The molecule has 0 spiro atoms. The Morgan fingerprint density at radius 3 is 1.64 bits per heavy atom. The number of fused-ring (bicyclic) bond motifs is 2. The molecule has 0 bridgehead atoms. The zero-order valence-electron chi connectivity index (χ0n) is 34.9. The molecule has 0 aromatic heterocycles. The number of aliphatic hydroxyl groups is 2. The molecule has 7 rings (SSSR count). The minimum Gasteiger partial charge on any atom is -0.405 e. The highest BCUT2D eigenvalue weighted by molar-refractivity contribution is 6.99. The smallest absolute Gasteiger partial charge is 0.261 e. The largest absolute Gasteiger partial charge is 0.405 e. The van der Waals surface area contributed by atoms with Crippen LogP contribution in [0.25, 0.3) is 20.9 Å². The molecule has 14 atom stereocenters. The molecule has 320 valence electrons. The van der Waals surface area contributed by atoms with Gasteiger partial charge < -0.3 is 47.8 Å². The molecule has 2 N–H and O–H groups in total. The molecule has 5 saturated heterocycles. The third-order valence-corrected chi connectivity index (χ3v) is 16.5. The van der Waals surface area contributed by atoms with Gasteiger partial charge in [-0.2, -0.15) is 0 Å². The Morgan fingerprint density at radius 1 is 0.638 bits per heavy atom. The predicted octanol–water partition coefficient (Wildman–Crippen LogP) is 5.24. The van der Waals surface area contributed by atoms with Gasteiger partial charge in [-0.1, -0.05) is 112 Å². The van der Waals surface area contributed by atoms with Gasteiger partial charge in [0.2, 0.25) is 0 Å². The Labute approximate surface area is 342 Å². The fourth-order valence-electron chi connectivity index (χ4n) is 8.25. The quantitative estimate of drug-likeness (QED) is 0.160. The topological polar surface area (TPSA) is 212 Å². The zero-order valence-corrected chi connectivity index (χ0v) is 35.9. The van der Waals surface area contributed by atoms with Gasteiger partial charge in [0, 0.05) is 15.7 Å². The first kappa shape index (κ1) is 46.0. The number of hydrogen-bond donors (Lipinski definition) is 2. The van der Waals surface area contributed by atoms with Gasteiger partial charge in [0.15, 0.2) is 12.6 Å². The van der Waals surface area contributed by atoms with E-state index in [1.807, 2.05) is 71.0 Å². The monoisotopic (exact) mass is 826 g/mol. The first-order chi connectivity index (χ1) is 27.7. The van der Waals surface area contributed by atoms with Crippen molar-refractivity contribution >= 4 is 18.7 Å². The van der Waals surface area contributed by atoms with E-state index in [1.165, 1.54) is 10.4 Å². The van der Waals surface area contributed by atoms with Crippen molar-refractivity contribution in [2.45, 2.75) is 128 Å². The Balaban J connectivity index is 0.000000189. The number of hydrogen-bond acceptors (Lipinski definition) is 12. The molecule has 5 aliphatic heterocycles. The van der Waals surface area contributed by atoms with E-state index in [-0.39, 0.29) is 72.4 Å². The Kier molecular flexibility index (Phi) is 16.6. The lowest BCUT2D eigenvalue weighted by atomic mass is 9.91. The van der Waals surface area contributed by atoms with Crippen LogP contribution in [-0.2, 0) is 37.6 Å². The average Bonchev–Trinajstić information content (AvgIpc) is 3.21. The second-order valence-electron chi connectivity index (χ2n) is 16.9. The highest BCUT2D eigenvalue weighted by Crippen LogP contribution is 2.38. The van der Waals surface area contributed by atoms with E-state index in [4.69, 9.17) is 48.6 Å². The molecule has 0 amide bonds. The molecular weight excluding hydrogens is 765 g/mol. The third-order valence-electron chi connectivity index (χ3n) is 11.5. The summed E-state index contributed by atoms with van der Waals surface area (Å²) in [6, 6.07) is 20.0. The zero-order chi connectivity index (χ0) is 42.0. The Morgan fingerprint density at radius 2 is 1.10 bits per heavy atom. The molecule has 0 radical (unpaired) electrons. The summed E-state index contributed by atoms with van der Waals surface area (Å²) >= 11 is 0. The van der Waals surface area contributed by atoms with Gasteiger partial charge >= 0.3 is 0 Å². The molecule has 2 aromatic rings. The molecule has 5 aliphatic rings. The number of benzene rings is 2. The molecule has 16 nitrogen and oxygen atoms in total. The molecular formula is C41H62N6O10Si. The summed E-state index contributed by atoms with van der Waals surface area (Å²) in [6.07, 6.45) is -2.94. The van der Waals surface area contributed by atoms with Gasteiger partial charge in [-0.3, -0.25) is 0 Å². The van der Waals surface area contributed by atoms with E-state index < -0.39 is 32.7 Å². The minimum atomic E-state index is -2.71. The summed E-state index contributed by atoms with van der Waals surface area (Å²) in [6.45, 7) is 19.1. The first-order valence-corrected chi connectivity index (χ1v) is 22.2. The number of nitrogens with zero attached hydrogens (tertiary/aromatic N) is 6. The second-order valence-corrected chi connectivity index (χ2v) is 21.2. The maximum absolute atomic E-state index is 10.8. The molecule has 2 aromatic carbocycles. The molecule has 58 heavy (non-hydrogen) atoms. The average molecular weight is 827 g/mol. The van der Waals surface area contributed by atoms with Crippen molar-refractivity contribution in [1.82, 2.24) is 0 Å². The summed E-state index contributed by atoms with van der Waals surface area (Å²) in [7, 11) is -2.71. The van der Waals surface area contributed by atoms with Crippen molar-refractivity contribution in [3.8, 4) is 0 Å². The van der Waals surface area contributed by atoms with Gasteiger partial charge in [-0.15, -0.1) is 0 Å². The SMILES string of the molecule is CC1COC(CO[Si](c2ccccc2)(c2ccccc2)C(C)(C)C)[C@@H](O)[C@@H]1N=[N+]=[N-].CC1OCC2OCC(C)[C@@H](N=[N+]=[N-])[C@@H]2O1.CC1OCC2OCC(C)[C@@H](O)[C@@H]2O1. The maximum atomic E-state index is 10.8. The van der Waals surface area contributed by atoms with E-state index >= 15 is 0 Å². The summed E-state index contributed by atoms with van der Waals surface area (Å²) in [5, 5.41) is 30.5. The molecule has 5 fully saturated rings. The summed E-state index contributed by atoms with van der Waals surface area (Å²) in [5.41, 5.74) is 17.4. The summed E-state index contributed by atoms with van der Waals surface area (Å²) < 4.78 is 45.6. The molecule has 5 heterocycles. The highest BCUT2D eigenvalue weighted by atomic mass is 28.4. The number of ether oxygens (including phenoxy) is 7. The van der Waals surface area contributed by atoms with Crippen LogP contribution in [0.5, 0.6) is 0 Å². The molecule has 17 heteroatoms. The fourth-order valence-corrected chi connectivity index (χ4v) is 12.8. The normalized spacial score (nSPS) is 36.1. The van der Waals surface area contributed by atoms with Crippen molar-refractivity contribution in [3.05, 3.63) is 81.5 Å². The van der Waals surface area contributed by atoms with E-state index in [9.17, 15) is 10.2 Å². The summed E-state index contributed by atoms with van der Waals surface area (Å²) in [5.74, 6) is 0.291. The lowest BCUT2D eigenvalue weighted by molar-refractivity contribution is -0.298. The van der Waals surface area contributed by atoms with Gasteiger partial charge in [0.25, 0.3) is 8.32 Å². The number of rotatable bonds is 7. The van der Waals surface area contributed by atoms with Crippen LogP contribution in [0.2, 0.25) is 5.04 Å². The van der Waals surface area contributed by atoms with Crippen molar-refractivity contribution in [1.29, 1.82) is 0 Å². The van der Waals surface area contributed by atoms with Crippen LogP contribution in [0.1, 0.15) is 55.4 Å².